The Morgan fingerprint density at radius 3 is 2.94 bits per heavy atom. The average Bonchev–Trinajstić information content (AvgIpc) is 2.72. The van der Waals surface area contributed by atoms with Crippen molar-refractivity contribution in [1.29, 1.82) is 0 Å². The molecule has 17 heavy (non-hydrogen) atoms. The van der Waals surface area contributed by atoms with Crippen molar-refractivity contribution in [2.24, 2.45) is 7.05 Å². The molecule has 2 rings (SSSR count). The molecule has 90 valence electrons. The third kappa shape index (κ3) is 3.32. The second-order valence-corrected chi connectivity index (χ2v) is 4.62. The van der Waals surface area contributed by atoms with Crippen molar-refractivity contribution in [3.63, 3.8) is 0 Å². The lowest BCUT2D eigenvalue weighted by molar-refractivity contribution is 0.574. The van der Waals surface area contributed by atoms with Crippen molar-refractivity contribution in [3.05, 3.63) is 52.8 Å². The molecule has 0 bridgehead atoms. The first-order valence-electron chi connectivity index (χ1n) is 5.61. The van der Waals surface area contributed by atoms with E-state index in [1.807, 2.05) is 37.6 Å². The topological polar surface area (TPSA) is 29.9 Å². The molecule has 0 saturated heterocycles. The Morgan fingerprint density at radius 1 is 1.47 bits per heavy atom. The molecule has 0 radical (unpaired) electrons. The number of aromatic nitrogens is 2. The number of halogens is 1. The van der Waals surface area contributed by atoms with E-state index in [1.165, 1.54) is 11.1 Å². The minimum atomic E-state index is 0.272. The Kier molecular flexibility index (Phi) is 3.82. The molecular weight excluding hydrogens is 234 g/mol. The van der Waals surface area contributed by atoms with Crippen LogP contribution in [0.1, 0.15) is 24.1 Å². The second kappa shape index (κ2) is 5.34. The minimum Gasteiger partial charge on any atom is -0.306 e. The summed E-state index contributed by atoms with van der Waals surface area (Å²) in [5.41, 5.74) is 2.38. The van der Waals surface area contributed by atoms with E-state index in [-0.39, 0.29) is 6.04 Å². The minimum absolute atomic E-state index is 0.272. The Hall–Kier alpha value is -1.32. The normalized spacial score (nSPS) is 12.6. The number of hydrogen-bond acceptors (Lipinski definition) is 2. The Balaban J connectivity index is 1.95. The van der Waals surface area contributed by atoms with Crippen LogP contribution in [0.2, 0.25) is 5.02 Å². The molecule has 1 atom stereocenters. The number of nitrogens with zero attached hydrogens (tertiary/aromatic N) is 2. The van der Waals surface area contributed by atoms with Crippen LogP contribution in [-0.4, -0.2) is 9.78 Å². The highest BCUT2D eigenvalue weighted by Crippen LogP contribution is 2.17. The lowest BCUT2D eigenvalue weighted by Gasteiger charge is -2.13. The predicted octanol–water partition coefficient (Wildman–Crippen LogP) is 2.92. The van der Waals surface area contributed by atoms with Crippen molar-refractivity contribution in [1.82, 2.24) is 15.1 Å². The lowest BCUT2D eigenvalue weighted by Crippen LogP contribution is -2.17. The fourth-order valence-corrected chi connectivity index (χ4v) is 1.93. The molecule has 0 fully saturated rings. The monoisotopic (exact) mass is 249 g/mol. The van der Waals surface area contributed by atoms with Crippen molar-refractivity contribution >= 4 is 11.6 Å². The van der Waals surface area contributed by atoms with Crippen LogP contribution in [0.15, 0.2) is 36.7 Å². The molecule has 0 spiro atoms. The smallest absolute Gasteiger partial charge is 0.0534 e. The molecule has 0 aliphatic heterocycles. The maximum Gasteiger partial charge on any atom is 0.0534 e. The maximum absolute atomic E-state index is 5.97. The van der Waals surface area contributed by atoms with Crippen LogP contribution in [0.25, 0.3) is 0 Å². The van der Waals surface area contributed by atoms with Gasteiger partial charge in [0.25, 0.3) is 0 Å². The van der Waals surface area contributed by atoms with Crippen LogP contribution in [0.3, 0.4) is 0 Å². The fraction of sp³-hybridized carbons (Fsp3) is 0.308. The summed E-state index contributed by atoms with van der Waals surface area (Å²) in [6.45, 7) is 2.93. The van der Waals surface area contributed by atoms with Gasteiger partial charge in [0.15, 0.2) is 0 Å². The molecule has 0 unspecified atom stereocenters. The van der Waals surface area contributed by atoms with Gasteiger partial charge in [-0.05, 0) is 24.6 Å². The van der Waals surface area contributed by atoms with Crippen molar-refractivity contribution in [2.45, 2.75) is 19.5 Å². The first-order chi connectivity index (χ1) is 8.15. The summed E-state index contributed by atoms with van der Waals surface area (Å²) in [6.07, 6.45) is 3.88. The van der Waals surface area contributed by atoms with E-state index in [2.05, 4.69) is 23.4 Å². The first kappa shape index (κ1) is 12.1. The van der Waals surface area contributed by atoms with Gasteiger partial charge in [-0.25, -0.2) is 0 Å². The van der Waals surface area contributed by atoms with E-state index in [9.17, 15) is 0 Å². The summed E-state index contributed by atoms with van der Waals surface area (Å²) in [6, 6.07) is 8.20. The van der Waals surface area contributed by atoms with E-state index < -0.39 is 0 Å². The van der Waals surface area contributed by atoms with Crippen molar-refractivity contribution < 1.29 is 0 Å². The quantitative estimate of drug-likeness (QED) is 0.903. The molecule has 1 aromatic carbocycles. The summed E-state index contributed by atoms with van der Waals surface area (Å²) in [7, 11) is 1.92. The van der Waals surface area contributed by atoms with E-state index in [0.29, 0.717) is 0 Å². The number of rotatable bonds is 4. The van der Waals surface area contributed by atoms with Crippen LogP contribution >= 0.6 is 11.6 Å². The summed E-state index contributed by atoms with van der Waals surface area (Å²) >= 11 is 5.97. The summed E-state index contributed by atoms with van der Waals surface area (Å²) in [5.74, 6) is 0. The third-order valence-electron chi connectivity index (χ3n) is 2.72. The SMILES string of the molecule is C[C@@H](NCc1cnn(C)c1)c1cccc(Cl)c1. The largest absolute Gasteiger partial charge is 0.306 e. The van der Waals surface area contributed by atoms with Gasteiger partial charge in [0.2, 0.25) is 0 Å². The number of aryl methyl sites for hydroxylation is 1. The molecule has 0 saturated carbocycles. The number of hydrogen-bond donors (Lipinski definition) is 1. The maximum atomic E-state index is 5.97. The highest BCUT2D eigenvalue weighted by Gasteiger charge is 2.05. The Morgan fingerprint density at radius 2 is 2.29 bits per heavy atom. The van der Waals surface area contributed by atoms with Gasteiger partial charge >= 0.3 is 0 Å². The third-order valence-corrected chi connectivity index (χ3v) is 2.95. The standard InChI is InChI=1S/C13H16ClN3/c1-10(12-4-3-5-13(14)6-12)15-7-11-8-16-17(2)9-11/h3-6,8-10,15H,7H2,1-2H3/t10-/m1/s1. The van der Waals surface area contributed by atoms with Gasteiger partial charge in [-0.15, -0.1) is 0 Å². The van der Waals surface area contributed by atoms with Gasteiger partial charge < -0.3 is 5.32 Å². The van der Waals surface area contributed by atoms with Gasteiger partial charge in [-0.1, -0.05) is 23.7 Å². The van der Waals surface area contributed by atoms with Crippen LogP contribution < -0.4 is 5.32 Å². The molecule has 0 aliphatic carbocycles. The molecule has 1 aromatic heterocycles. The van der Waals surface area contributed by atoms with Gasteiger partial charge in [0.05, 0.1) is 6.20 Å². The van der Waals surface area contributed by atoms with Crippen LogP contribution in [0, 0.1) is 0 Å². The van der Waals surface area contributed by atoms with Gasteiger partial charge in [-0.2, -0.15) is 5.10 Å². The molecule has 0 amide bonds. The van der Waals surface area contributed by atoms with Gasteiger partial charge in [-0.3, -0.25) is 4.68 Å². The van der Waals surface area contributed by atoms with Crippen LogP contribution in [-0.2, 0) is 13.6 Å². The summed E-state index contributed by atoms with van der Waals surface area (Å²) < 4.78 is 1.81. The zero-order valence-electron chi connectivity index (χ0n) is 10.0. The highest BCUT2D eigenvalue weighted by molar-refractivity contribution is 6.30. The van der Waals surface area contributed by atoms with E-state index in [0.717, 1.165) is 11.6 Å². The zero-order chi connectivity index (χ0) is 12.3. The Bertz CT molecular complexity index is 493. The van der Waals surface area contributed by atoms with Crippen molar-refractivity contribution in [2.75, 3.05) is 0 Å². The lowest BCUT2D eigenvalue weighted by atomic mass is 10.1. The summed E-state index contributed by atoms with van der Waals surface area (Å²) in [5, 5.41) is 8.36. The van der Waals surface area contributed by atoms with E-state index in [1.54, 1.807) is 4.68 Å². The fourth-order valence-electron chi connectivity index (χ4n) is 1.73. The second-order valence-electron chi connectivity index (χ2n) is 4.18. The molecule has 0 aliphatic rings. The molecule has 3 nitrogen and oxygen atoms in total. The Labute approximate surface area is 106 Å². The molecular formula is C13H16ClN3. The number of benzene rings is 1. The summed E-state index contributed by atoms with van der Waals surface area (Å²) in [4.78, 5) is 0. The zero-order valence-corrected chi connectivity index (χ0v) is 10.8. The van der Waals surface area contributed by atoms with E-state index in [4.69, 9.17) is 11.6 Å². The van der Waals surface area contributed by atoms with Gasteiger partial charge in [0, 0.05) is 36.4 Å². The van der Waals surface area contributed by atoms with Crippen LogP contribution in [0.4, 0.5) is 0 Å². The molecule has 4 heteroatoms. The molecule has 2 aromatic rings. The number of nitrogens with one attached hydrogen (secondary N) is 1. The average molecular weight is 250 g/mol. The molecule has 1 heterocycles. The first-order valence-corrected chi connectivity index (χ1v) is 5.99. The highest BCUT2D eigenvalue weighted by atomic mass is 35.5. The van der Waals surface area contributed by atoms with E-state index >= 15 is 0 Å². The van der Waals surface area contributed by atoms with Gasteiger partial charge in [0.1, 0.15) is 0 Å². The van der Waals surface area contributed by atoms with Crippen molar-refractivity contribution in [3.8, 4) is 0 Å². The van der Waals surface area contributed by atoms with Crippen LogP contribution in [0.5, 0.6) is 0 Å². The molecule has 1 N–H and O–H groups in total. The predicted molar refractivity (Wildman–Crippen MR) is 69.9 cm³/mol.